The summed E-state index contributed by atoms with van der Waals surface area (Å²) >= 11 is 0. The van der Waals surface area contributed by atoms with Crippen LogP contribution in [0.4, 0.5) is 5.69 Å². The van der Waals surface area contributed by atoms with Crippen LogP contribution in [0.3, 0.4) is 0 Å². The summed E-state index contributed by atoms with van der Waals surface area (Å²) in [6.45, 7) is 0. The van der Waals surface area contributed by atoms with Gasteiger partial charge in [0.25, 0.3) is 0 Å². The Morgan fingerprint density at radius 3 is 3.00 bits per heavy atom. The van der Waals surface area contributed by atoms with Crippen LogP contribution < -0.4 is 0 Å². The maximum Gasteiger partial charge on any atom is 0.302 e. The zero-order chi connectivity index (χ0) is 8.97. The molecule has 1 rings (SSSR count). The van der Waals surface area contributed by atoms with E-state index in [9.17, 15) is 10.1 Å². The van der Waals surface area contributed by atoms with Gasteiger partial charge >= 0.3 is 5.69 Å². The number of hydrogen-bond donors (Lipinski definition) is 0. The second-order valence-corrected chi connectivity index (χ2v) is 5.32. The van der Waals surface area contributed by atoms with Crippen molar-refractivity contribution in [2.75, 3.05) is 0 Å². The van der Waals surface area contributed by atoms with Crippen molar-refractivity contribution in [2.24, 2.45) is 0 Å². The molecule has 64 valence electrons. The highest BCUT2D eigenvalue weighted by Crippen LogP contribution is 2.38. The maximum absolute atomic E-state index is 10.4. The summed E-state index contributed by atoms with van der Waals surface area (Å²) in [5.74, 6) is 0. The van der Waals surface area contributed by atoms with E-state index in [-0.39, 0.29) is 5.69 Å². The highest BCUT2D eigenvalue weighted by molar-refractivity contribution is 8.94. The van der Waals surface area contributed by atoms with Crippen LogP contribution in [0.25, 0.3) is 0 Å². The molecule has 7 heteroatoms. The van der Waals surface area contributed by atoms with Gasteiger partial charge in [0.2, 0.25) is 0 Å². The number of nitro groups is 1. The molecule has 1 aromatic rings. The fraction of sp³-hybridized carbons (Fsp3) is 0. The summed E-state index contributed by atoms with van der Waals surface area (Å²) in [5, 5.41) is 10.9. The second kappa shape index (κ2) is 4.64. The minimum absolute atomic E-state index is 0.0532. The molecule has 0 fully saturated rings. The van der Waals surface area contributed by atoms with Gasteiger partial charge in [-0.3, -0.25) is 10.1 Å². The van der Waals surface area contributed by atoms with Crippen LogP contribution in [0.15, 0.2) is 23.4 Å². The summed E-state index contributed by atoms with van der Waals surface area (Å²) in [5.41, 5.74) is 0.0532. The monoisotopic (exact) mass is 220 g/mol. The molecule has 0 saturated carbocycles. The Balaban J connectivity index is 3.00. The SMILES string of the molecule is O=[N+]([O-])c1cccnc1SSP. The molecule has 4 nitrogen and oxygen atoms in total. The van der Waals surface area contributed by atoms with E-state index in [0.717, 1.165) is 0 Å². The number of pyridine rings is 1. The lowest BCUT2D eigenvalue weighted by Crippen LogP contribution is -1.91. The predicted molar refractivity (Wildman–Crippen MR) is 54.0 cm³/mol. The van der Waals surface area contributed by atoms with Gasteiger partial charge in [-0.05, 0) is 16.9 Å². The van der Waals surface area contributed by atoms with Crippen LogP contribution in [-0.2, 0) is 0 Å². The minimum Gasteiger partial charge on any atom is -0.258 e. The lowest BCUT2D eigenvalue weighted by Gasteiger charge is -1.96. The van der Waals surface area contributed by atoms with Crippen LogP contribution >= 0.6 is 29.6 Å². The minimum atomic E-state index is -0.434. The smallest absolute Gasteiger partial charge is 0.258 e. The van der Waals surface area contributed by atoms with Gasteiger partial charge in [0.1, 0.15) is 0 Å². The Morgan fingerprint density at radius 1 is 1.67 bits per heavy atom. The van der Waals surface area contributed by atoms with Crippen molar-refractivity contribution in [2.45, 2.75) is 5.03 Å². The highest BCUT2D eigenvalue weighted by Gasteiger charge is 2.13. The quantitative estimate of drug-likeness (QED) is 0.339. The highest BCUT2D eigenvalue weighted by atomic mass is 33.3. The molecule has 12 heavy (non-hydrogen) atoms. The van der Waals surface area contributed by atoms with E-state index in [1.165, 1.54) is 33.5 Å². The van der Waals surface area contributed by atoms with Crippen LogP contribution in [0.2, 0.25) is 0 Å². The first-order chi connectivity index (χ1) is 5.75. The van der Waals surface area contributed by atoms with Gasteiger partial charge in [-0.25, -0.2) is 4.98 Å². The lowest BCUT2D eigenvalue weighted by molar-refractivity contribution is -0.388. The van der Waals surface area contributed by atoms with Gasteiger partial charge in [-0.15, -0.1) is 0 Å². The summed E-state index contributed by atoms with van der Waals surface area (Å²) in [6.07, 6.45) is 1.54. The van der Waals surface area contributed by atoms with E-state index >= 15 is 0 Å². The average Bonchev–Trinajstić information content (AvgIpc) is 2.05. The van der Waals surface area contributed by atoms with Crippen molar-refractivity contribution in [1.82, 2.24) is 4.98 Å². The average molecular weight is 220 g/mol. The standard InChI is InChI=1S/C5H5N2O2PS2/c8-7(9)4-2-1-3-6-5(4)11-12-10/h1-3H,10H2. The molecule has 1 unspecified atom stereocenters. The molecular weight excluding hydrogens is 215 g/mol. The van der Waals surface area contributed by atoms with Crippen LogP contribution in [0, 0.1) is 10.1 Å². The Morgan fingerprint density at radius 2 is 2.42 bits per heavy atom. The third kappa shape index (κ3) is 2.33. The molecule has 1 heterocycles. The van der Waals surface area contributed by atoms with Crippen LogP contribution in [0.1, 0.15) is 0 Å². The third-order valence-corrected chi connectivity index (χ3v) is 3.27. The molecule has 1 aromatic heterocycles. The summed E-state index contributed by atoms with van der Waals surface area (Å²) in [6, 6.07) is 2.99. The Hall–Kier alpha value is -0.320. The molecule has 0 radical (unpaired) electrons. The number of nitrogens with zero attached hydrogens (tertiary/aromatic N) is 2. The zero-order valence-electron chi connectivity index (χ0n) is 5.84. The Labute approximate surface area is 79.0 Å². The Bertz CT molecular complexity index is 297. The molecular formula is C5H5N2O2PS2. The van der Waals surface area contributed by atoms with Crippen molar-refractivity contribution >= 4 is 35.3 Å². The molecule has 0 bridgehead atoms. The third-order valence-electron chi connectivity index (χ3n) is 1.07. The molecule has 0 amide bonds. The first kappa shape index (κ1) is 9.77. The largest absolute Gasteiger partial charge is 0.302 e. The number of rotatable bonds is 3. The fourth-order valence-electron chi connectivity index (χ4n) is 0.631. The van der Waals surface area contributed by atoms with Crippen molar-refractivity contribution in [1.29, 1.82) is 0 Å². The Kier molecular flexibility index (Phi) is 3.78. The topological polar surface area (TPSA) is 56.0 Å². The molecule has 0 aliphatic rings. The van der Waals surface area contributed by atoms with Gasteiger partial charge in [0, 0.05) is 12.3 Å². The lowest BCUT2D eigenvalue weighted by atomic mass is 10.4. The van der Waals surface area contributed by atoms with Gasteiger partial charge in [0.05, 0.1) is 4.92 Å². The predicted octanol–water partition coefficient (Wildman–Crippen LogP) is 2.52. The van der Waals surface area contributed by atoms with Gasteiger partial charge in [0.15, 0.2) is 5.03 Å². The van der Waals surface area contributed by atoms with E-state index < -0.39 is 4.92 Å². The molecule has 0 aromatic carbocycles. The van der Waals surface area contributed by atoms with Crippen molar-refractivity contribution in [3.63, 3.8) is 0 Å². The molecule has 0 saturated heterocycles. The van der Waals surface area contributed by atoms with Crippen molar-refractivity contribution < 1.29 is 4.92 Å². The van der Waals surface area contributed by atoms with E-state index in [1.54, 1.807) is 6.07 Å². The summed E-state index contributed by atoms with van der Waals surface area (Å²) in [4.78, 5) is 13.9. The molecule has 0 spiro atoms. The molecule has 1 atom stereocenters. The zero-order valence-corrected chi connectivity index (χ0v) is 8.62. The maximum atomic E-state index is 10.4. The van der Waals surface area contributed by atoms with Crippen LogP contribution in [0.5, 0.6) is 0 Å². The van der Waals surface area contributed by atoms with Crippen LogP contribution in [-0.4, -0.2) is 9.91 Å². The summed E-state index contributed by atoms with van der Waals surface area (Å²) in [7, 11) is 5.01. The first-order valence-corrected chi connectivity index (χ1v) is 6.51. The number of hydrogen-bond acceptors (Lipinski definition) is 5. The van der Waals surface area contributed by atoms with Gasteiger partial charge < -0.3 is 0 Å². The molecule has 0 N–H and O–H groups in total. The normalized spacial score (nSPS) is 9.75. The van der Waals surface area contributed by atoms with E-state index in [2.05, 4.69) is 13.4 Å². The fourth-order valence-corrected chi connectivity index (χ4v) is 2.53. The van der Waals surface area contributed by atoms with Gasteiger partial charge in [-0.1, -0.05) is 18.9 Å². The molecule has 0 aliphatic heterocycles. The number of aromatic nitrogens is 1. The van der Waals surface area contributed by atoms with Crippen molar-refractivity contribution in [3.05, 3.63) is 28.4 Å². The molecule has 0 aliphatic carbocycles. The van der Waals surface area contributed by atoms with Gasteiger partial charge in [-0.2, -0.15) is 0 Å². The summed E-state index contributed by atoms with van der Waals surface area (Å²) < 4.78 is 0. The van der Waals surface area contributed by atoms with Crippen molar-refractivity contribution in [3.8, 4) is 0 Å². The second-order valence-electron chi connectivity index (χ2n) is 1.76. The van der Waals surface area contributed by atoms with E-state index in [4.69, 9.17) is 0 Å². The van der Waals surface area contributed by atoms with E-state index in [0.29, 0.717) is 5.03 Å². The first-order valence-electron chi connectivity index (χ1n) is 2.88. The van der Waals surface area contributed by atoms with E-state index in [1.807, 2.05) is 0 Å².